The van der Waals surface area contributed by atoms with E-state index in [0.29, 0.717) is 22.0 Å². The van der Waals surface area contributed by atoms with Gasteiger partial charge >= 0.3 is 0 Å². The average Bonchev–Trinajstić information content (AvgIpc) is 3.05. The number of halogens is 1. The fourth-order valence-electron chi connectivity index (χ4n) is 2.16. The number of anilines is 1. The number of nitrogens with one attached hydrogen (secondary N) is 1. The average molecular weight is 316 g/mol. The van der Waals surface area contributed by atoms with Crippen molar-refractivity contribution in [2.75, 3.05) is 5.32 Å². The van der Waals surface area contributed by atoms with E-state index in [4.69, 9.17) is 11.6 Å². The summed E-state index contributed by atoms with van der Waals surface area (Å²) >= 11 is 5.85. The largest absolute Gasteiger partial charge is 0.322 e. The van der Waals surface area contributed by atoms with Crippen LogP contribution in [0.1, 0.15) is 16.1 Å². The number of hydrogen-bond donors (Lipinski definition) is 1. The molecular formula is C15H14ClN5O. The van der Waals surface area contributed by atoms with Gasteiger partial charge in [0.2, 0.25) is 0 Å². The Balaban J connectivity index is 1.76. The third-order valence-corrected chi connectivity index (χ3v) is 3.39. The van der Waals surface area contributed by atoms with E-state index >= 15 is 0 Å². The van der Waals surface area contributed by atoms with E-state index in [2.05, 4.69) is 15.5 Å². The van der Waals surface area contributed by atoms with Crippen molar-refractivity contribution >= 4 is 23.2 Å². The molecule has 2 aromatic heterocycles. The van der Waals surface area contributed by atoms with E-state index in [0.717, 1.165) is 5.69 Å². The van der Waals surface area contributed by atoms with Gasteiger partial charge in [-0.1, -0.05) is 11.6 Å². The van der Waals surface area contributed by atoms with Crippen LogP contribution in [0.25, 0.3) is 5.69 Å². The summed E-state index contributed by atoms with van der Waals surface area (Å²) in [5.74, 6) is -0.180. The second kappa shape index (κ2) is 5.65. The number of aromatic nitrogens is 4. The summed E-state index contributed by atoms with van der Waals surface area (Å²) in [6, 6.07) is 7.34. The van der Waals surface area contributed by atoms with Gasteiger partial charge in [-0.2, -0.15) is 10.2 Å². The number of carbonyl (C=O) groups excluding carboxylic acids is 1. The van der Waals surface area contributed by atoms with Gasteiger partial charge < -0.3 is 5.32 Å². The molecule has 0 radical (unpaired) electrons. The molecule has 0 unspecified atom stereocenters. The van der Waals surface area contributed by atoms with Gasteiger partial charge in [0, 0.05) is 25.1 Å². The molecule has 2 heterocycles. The number of benzene rings is 1. The van der Waals surface area contributed by atoms with E-state index in [1.807, 2.05) is 24.3 Å². The predicted molar refractivity (Wildman–Crippen MR) is 84.5 cm³/mol. The molecule has 0 saturated carbocycles. The van der Waals surface area contributed by atoms with Crippen LogP contribution in [0.2, 0.25) is 5.02 Å². The molecule has 0 atom stereocenters. The highest BCUT2D eigenvalue weighted by molar-refractivity contribution is 6.30. The molecule has 0 bridgehead atoms. The SMILES string of the molecule is Cc1nn(C)cc1C(=O)Nc1ccc(-n2cc(Cl)cn2)cc1. The molecule has 3 rings (SSSR count). The Hall–Kier alpha value is -2.60. The van der Waals surface area contributed by atoms with Gasteiger partial charge in [0.15, 0.2) is 0 Å². The van der Waals surface area contributed by atoms with Crippen LogP contribution in [0.15, 0.2) is 42.9 Å². The molecule has 0 aliphatic carbocycles. The molecular weight excluding hydrogens is 302 g/mol. The summed E-state index contributed by atoms with van der Waals surface area (Å²) in [7, 11) is 1.79. The van der Waals surface area contributed by atoms with Crippen LogP contribution >= 0.6 is 11.6 Å². The third kappa shape index (κ3) is 2.87. The first-order chi connectivity index (χ1) is 10.5. The van der Waals surface area contributed by atoms with Crippen molar-refractivity contribution in [2.24, 2.45) is 7.05 Å². The summed E-state index contributed by atoms with van der Waals surface area (Å²) in [5, 5.41) is 11.7. The van der Waals surface area contributed by atoms with E-state index in [1.54, 1.807) is 41.9 Å². The van der Waals surface area contributed by atoms with Gasteiger partial charge in [0.05, 0.1) is 28.2 Å². The number of aryl methyl sites for hydroxylation is 2. The van der Waals surface area contributed by atoms with Crippen molar-refractivity contribution in [1.82, 2.24) is 19.6 Å². The first kappa shape index (κ1) is 14.3. The van der Waals surface area contributed by atoms with E-state index in [9.17, 15) is 4.79 Å². The molecule has 1 amide bonds. The standard InChI is InChI=1S/C15H14ClN5O/c1-10-14(9-20(2)19-10)15(22)18-12-3-5-13(6-4-12)21-8-11(16)7-17-21/h3-9H,1-2H3,(H,18,22). The Bertz CT molecular complexity index is 819. The summed E-state index contributed by atoms with van der Waals surface area (Å²) in [4.78, 5) is 12.2. The highest BCUT2D eigenvalue weighted by atomic mass is 35.5. The summed E-state index contributed by atoms with van der Waals surface area (Å²) in [6.45, 7) is 1.81. The fourth-order valence-corrected chi connectivity index (χ4v) is 2.30. The maximum absolute atomic E-state index is 12.2. The lowest BCUT2D eigenvalue weighted by molar-refractivity contribution is 0.102. The smallest absolute Gasteiger partial charge is 0.259 e. The van der Waals surface area contributed by atoms with Crippen LogP contribution in [-0.4, -0.2) is 25.5 Å². The molecule has 1 aromatic carbocycles. The van der Waals surface area contributed by atoms with Crippen molar-refractivity contribution < 1.29 is 4.79 Å². The second-order valence-electron chi connectivity index (χ2n) is 4.91. The quantitative estimate of drug-likeness (QED) is 0.808. The van der Waals surface area contributed by atoms with Crippen molar-refractivity contribution in [3.05, 3.63) is 59.1 Å². The van der Waals surface area contributed by atoms with E-state index < -0.39 is 0 Å². The maximum atomic E-state index is 12.2. The molecule has 6 nitrogen and oxygen atoms in total. The first-order valence-corrected chi connectivity index (χ1v) is 7.03. The Morgan fingerprint density at radius 1 is 1.23 bits per heavy atom. The highest BCUT2D eigenvalue weighted by Gasteiger charge is 2.12. The van der Waals surface area contributed by atoms with Gasteiger partial charge in [0.1, 0.15) is 0 Å². The monoisotopic (exact) mass is 315 g/mol. The molecule has 112 valence electrons. The van der Waals surface area contributed by atoms with Crippen molar-refractivity contribution in [2.45, 2.75) is 6.92 Å². The lowest BCUT2D eigenvalue weighted by Gasteiger charge is -2.06. The normalized spacial score (nSPS) is 10.7. The molecule has 0 fully saturated rings. The van der Waals surface area contributed by atoms with Crippen LogP contribution in [0.4, 0.5) is 5.69 Å². The molecule has 1 N–H and O–H groups in total. The van der Waals surface area contributed by atoms with Gasteiger partial charge in [-0.25, -0.2) is 4.68 Å². The van der Waals surface area contributed by atoms with E-state index in [-0.39, 0.29) is 5.91 Å². The summed E-state index contributed by atoms with van der Waals surface area (Å²) < 4.78 is 3.29. The van der Waals surface area contributed by atoms with Crippen molar-refractivity contribution in [3.63, 3.8) is 0 Å². The first-order valence-electron chi connectivity index (χ1n) is 6.65. The van der Waals surface area contributed by atoms with Gasteiger partial charge in [-0.3, -0.25) is 9.48 Å². The Labute approximate surface area is 132 Å². The summed E-state index contributed by atoms with van der Waals surface area (Å²) in [6.07, 6.45) is 4.99. The molecule has 22 heavy (non-hydrogen) atoms. The zero-order valence-corrected chi connectivity index (χ0v) is 12.9. The van der Waals surface area contributed by atoms with Crippen molar-refractivity contribution in [3.8, 4) is 5.69 Å². The lowest BCUT2D eigenvalue weighted by Crippen LogP contribution is -2.12. The maximum Gasteiger partial charge on any atom is 0.259 e. The third-order valence-electron chi connectivity index (χ3n) is 3.20. The molecule has 0 saturated heterocycles. The second-order valence-corrected chi connectivity index (χ2v) is 5.34. The van der Waals surface area contributed by atoms with E-state index in [1.165, 1.54) is 0 Å². The zero-order valence-electron chi connectivity index (χ0n) is 12.1. The predicted octanol–water partition coefficient (Wildman–Crippen LogP) is 2.82. The molecule has 0 aliphatic heterocycles. The Morgan fingerprint density at radius 2 is 1.95 bits per heavy atom. The minimum Gasteiger partial charge on any atom is -0.322 e. The Morgan fingerprint density at radius 3 is 2.50 bits per heavy atom. The van der Waals surface area contributed by atoms with Crippen molar-refractivity contribution in [1.29, 1.82) is 0 Å². The number of amides is 1. The van der Waals surface area contributed by atoms with Crippen LogP contribution < -0.4 is 5.32 Å². The molecule has 0 spiro atoms. The fraction of sp³-hybridized carbons (Fsp3) is 0.133. The summed E-state index contributed by atoms with van der Waals surface area (Å²) in [5.41, 5.74) is 2.82. The van der Waals surface area contributed by atoms with Crippen LogP contribution in [0.3, 0.4) is 0 Å². The highest BCUT2D eigenvalue weighted by Crippen LogP contribution is 2.16. The Kier molecular flexibility index (Phi) is 3.68. The van der Waals surface area contributed by atoms with Crippen LogP contribution in [0.5, 0.6) is 0 Å². The molecule has 3 aromatic rings. The molecule has 7 heteroatoms. The minimum absolute atomic E-state index is 0.180. The zero-order chi connectivity index (χ0) is 15.7. The van der Waals surface area contributed by atoms with Gasteiger partial charge in [-0.15, -0.1) is 0 Å². The lowest BCUT2D eigenvalue weighted by atomic mass is 10.2. The minimum atomic E-state index is -0.180. The number of hydrogen-bond acceptors (Lipinski definition) is 3. The van der Waals surface area contributed by atoms with Crippen LogP contribution in [-0.2, 0) is 7.05 Å². The molecule has 0 aliphatic rings. The number of carbonyl (C=O) groups is 1. The van der Waals surface area contributed by atoms with Gasteiger partial charge in [0.25, 0.3) is 5.91 Å². The topological polar surface area (TPSA) is 64.7 Å². The van der Waals surface area contributed by atoms with Gasteiger partial charge in [-0.05, 0) is 31.2 Å². The number of rotatable bonds is 3. The number of nitrogens with zero attached hydrogens (tertiary/aromatic N) is 4. The van der Waals surface area contributed by atoms with Crippen LogP contribution in [0, 0.1) is 6.92 Å².